The molecule has 0 spiro atoms. The van der Waals surface area contributed by atoms with E-state index in [0.717, 1.165) is 40.5 Å². The van der Waals surface area contributed by atoms with Crippen LogP contribution in [0.5, 0.6) is 0 Å². The van der Waals surface area contributed by atoms with Crippen molar-refractivity contribution in [3.63, 3.8) is 0 Å². The van der Waals surface area contributed by atoms with Crippen molar-refractivity contribution in [2.24, 2.45) is 0 Å². The Balaban J connectivity index is 0.844. The second kappa shape index (κ2) is 19.9. The number of carbonyl (C=O) groups is 5. The molecule has 3 saturated heterocycles. The van der Waals surface area contributed by atoms with E-state index in [9.17, 15) is 32.4 Å². The number of H-pyrrole nitrogens is 1. The van der Waals surface area contributed by atoms with Crippen molar-refractivity contribution in [2.75, 3.05) is 54.7 Å². The van der Waals surface area contributed by atoms with E-state index in [1.54, 1.807) is 25.4 Å². The van der Waals surface area contributed by atoms with Crippen molar-refractivity contribution in [1.82, 2.24) is 34.8 Å². The fourth-order valence-corrected chi connectivity index (χ4v) is 9.63. The molecule has 5 N–H and O–H groups in total. The molecule has 0 bridgehead atoms. The third-order valence-corrected chi connectivity index (χ3v) is 14.2. The molecule has 3 fully saturated rings. The van der Waals surface area contributed by atoms with Gasteiger partial charge in [-0.3, -0.25) is 38.9 Å². The van der Waals surface area contributed by atoms with Crippen LogP contribution < -0.4 is 25.6 Å². The van der Waals surface area contributed by atoms with E-state index in [0.29, 0.717) is 86.3 Å². The third-order valence-electron chi connectivity index (χ3n) is 12.7. The molecule has 18 nitrogen and oxygen atoms in total. The van der Waals surface area contributed by atoms with Gasteiger partial charge in [-0.2, -0.15) is 12.7 Å². The van der Waals surface area contributed by atoms with Gasteiger partial charge in [0.15, 0.2) is 5.82 Å². The summed E-state index contributed by atoms with van der Waals surface area (Å²) in [5.74, 6) is -3.55. The normalized spacial score (nSPS) is 18.1. The number of aromatic amines is 1. The molecular formula is C46H50F2N10O8S. The monoisotopic (exact) mass is 940 g/mol. The number of rotatable bonds is 16. The highest BCUT2D eigenvalue weighted by Crippen LogP contribution is 2.32. The van der Waals surface area contributed by atoms with Gasteiger partial charge in [-0.1, -0.05) is 19.1 Å². The number of aromatic nitrogens is 3. The van der Waals surface area contributed by atoms with E-state index in [1.165, 1.54) is 13.2 Å². The topological polar surface area (TPSA) is 228 Å². The molecular weight excluding hydrogens is 891 g/mol. The highest BCUT2D eigenvalue weighted by molar-refractivity contribution is 7.90. The van der Waals surface area contributed by atoms with Crippen molar-refractivity contribution in [3.8, 4) is 11.1 Å². The first kappa shape index (κ1) is 46.7. The molecule has 2 unspecified atom stereocenters. The first-order valence-electron chi connectivity index (χ1n) is 22.0. The first-order valence-corrected chi connectivity index (χ1v) is 23.5. The van der Waals surface area contributed by atoms with Gasteiger partial charge in [0, 0.05) is 98.6 Å². The molecule has 0 radical (unpaired) electrons. The lowest BCUT2D eigenvalue weighted by Crippen LogP contribution is -2.54. The van der Waals surface area contributed by atoms with Gasteiger partial charge >= 0.3 is 10.2 Å². The van der Waals surface area contributed by atoms with Crippen LogP contribution in [0.2, 0.25) is 0 Å². The molecule has 5 aromatic rings. The second-order valence-corrected chi connectivity index (χ2v) is 18.6. The lowest BCUT2D eigenvalue weighted by molar-refractivity contribution is -0.159. The number of amides is 3. The van der Waals surface area contributed by atoms with Crippen LogP contribution in [0.3, 0.4) is 0 Å². The Bertz CT molecular complexity index is 2780. The molecule has 67 heavy (non-hydrogen) atoms. The Morgan fingerprint density at radius 2 is 1.69 bits per heavy atom. The van der Waals surface area contributed by atoms with Crippen molar-refractivity contribution in [2.45, 2.75) is 69.7 Å². The minimum atomic E-state index is -4.16. The molecule has 352 valence electrons. The van der Waals surface area contributed by atoms with Crippen molar-refractivity contribution >= 4 is 68.4 Å². The summed E-state index contributed by atoms with van der Waals surface area (Å²) in [6.07, 6.45) is 6.94. The van der Waals surface area contributed by atoms with Crippen molar-refractivity contribution < 1.29 is 45.9 Å². The van der Waals surface area contributed by atoms with Gasteiger partial charge in [-0.25, -0.2) is 18.7 Å². The average molecular weight is 941 g/mol. The smallest absolute Gasteiger partial charge is 0.301 e. The number of piperidine rings is 3. The molecule has 21 heteroatoms. The van der Waals surface area contributed by atoms with Gasteiger partial charge in [-0.05, 0) is 86.1 Å². The van der Waals surface area contributed by atoms with Gasteiger partial charge in [-0.15, -0.1) is 0 Å². The number of hydrogen-bond donors (Lipinski definition) is 5. The van der Waals surface area contributed by atoms with Gasteiger partial charge in [0.05, 0.1) is 11.3 Å². The predicted molar refractivity (Wildman–Crippen MR) is 244 cm³/mol. The molecule has 2 atom stereocenters. The Morgan fingerprint density at radius 3 is 2.36 bits per heavy atom. The molecule has 0 aliphatic carbocycles. The van der Waals surface area contributed by atoms with E-state index in [1.807, 2.05) is 41.3 Å². The van der Waals surface area contributed by atoms with Crippen LogP contribution >= 0.6 is 0 Å². The van der Waals surface area contributed by atoms with E-state index in [-0.39, 0.29) is 41.8 Å². The van der Waals surface area contributed by atoms with Gasteiger partial charge in [0.1, 0.15) is 23.3 Å². The standard InChI is InChI=1S/C46H50F2N10O8S/c1-3-56(2)67(64,65)55-36-10-9-35(47)40(41(36)48)42(61)34-25-51-43-33(34)22-30(24-50-43)29-6-12-38(49-23-29)57-20-16-32(17-21-57)53-45(63)46(66-26-59)58-18-14-28(15-19-58)27-4-7-31(8-5-27)52-37-11-13-39(60)54-44(37)62/h4-10,12,22-26,28,32,37,46,52,55H,3,11,13-21H2,1-2H3,(H,50,51)(H,53,63)(H,54,60,62). The second-order valence-electron chi connectivity index (χ2n) is 16.8. The molecule has 2 aromatic carbocycles. The fourth-order valence-electron chi connectivity index (χ4n) is 8.70. The Hall–Kier alpha value is -6.84. The highest BCUT2D eigenvalue weighted by Gasteiger charge is 2.34. The van der Waals surface area contributed by atoms with Crippen molar-refractivity contribution in [3.05, 3.63) is 102 Å². The SMILES string of the molecule is CCN(C)S(=O)(=O)Nc1ccc(F)c(C(=O)c2c[nH]c3ncc(-c4ccc(N5CCC(NC(=O)C(OC=O)N6CCC(c7ccc(NC8CCC(=O)NC8=O)cc7)CC6)CC5)nc4)cc23)c1F. The third kappa shape index (κ3) is 10.3. The quantitative estimate of drug-likeness (QED) is 0.0525. The number of anilines is 3. The van der Waals surface area contributed by atoms with Gasteiger partial charge in [0.25, 0.3) is 12.4 Å². The Morgan fingerprint density at radius 1 is 0.955 bits per heavy atom. The Kier molecular flexibility index (Phi) is 13.9. The zero-order valence-electron chi connectivity index (χ0n) is 36.8. The number of likely N-dealkylation sites (tertiary alicyclic amines) is 1. The number of nitrogens with zero attached hydrogens (tertiary/aromatic N) is 5. The summed E-state index contributed by atoms with van der Waals surface area (Å²) in [6, 6.07) is 14.3. The van der Waals surface area contributed by atoms with Crippen LogP contribution in [0.4, 0.5) is 26.0 Å². The number of pyridine rings is 2. The van der Waals surface area contributed by atoms with Crippen LogP contribution in [0.1, 0.15) is 72.9 Å². The van der Waals surface area contributed by atoms with E-state index < -0.39 is 51.1 Å². The maximum Gasteiger partial charge on any atom is 0.301 e. The van der Waals surface area contributed by atoms with E-state index >= 15 is 8.78 Å². The minimum absolute atomic E-state index is 0.0664. The number of benzene rings is 2. The molecule has 3 aliphatic rings. The van der Waals surface area contributed by atoms with Crippen LogP contribution in [0.15, 0.2) is 73.2 Å². The van der Waals surface area contributed by atoms with Gasteiger partial charge < -0.3 is 25.3 Å². The van der Waals surface area contributed by atoms with E-state index in [4.69, 9.17) is 4.74 Å². The maximum absolute atomic E-state index is 15.6. The molecule has 8 rings (SSSR count). The summed E-state index contributed by atoms with van der Waals surface area (Å²) >= 11 is 0. The number of halogens is 2. The number of carbonyl (C=O) groups excluding carboxylic acids is 5. The average Bonchev–Trinajstić information content (AvgIpc) is 3.76. The Labute approximate surface area is 385 Å². The first-order chi connectivity index (χ1) is 32.2. The van der Waals surface area contributed by atoms with Crippen LogP contribution in [0.25, 0.3) is 22.2 Å². The molecule has 3 aliphatic heterocycles. The summed E-state index contributed by atoms with van der Waals surface area (Å²) in [7, 11) is -2.87. The zero-order chi connectivity index (χ0) is 47.4. The number of nitrogens with one attached hydrogen (secondary N) is 5. The highest BCUT2D eigenvalue weighted by atomic mass is 32.2. The number of imide groups is 1. The molecule has 3 amide bonds. The molecule has 6 heterocycles. The fraction of sp³-hybridized carbons (Fsp3) is 0.370. The zero-order valence-corrected chi connectivity index (χ0v) is 37.6. The summed E-state index contributed by atoms with van der Waals surface area (Å²) in [5.41, 5.74) is 1.89. The van der Waals surface area contributed by atoms with Crippen molar-refractivity contribution in [1.29, 1.82) is 0 Å². The summed E-state index contributed by atoms with van der Waals surface area (Å²) < 4.78 is 64.2. The summed E-state index contributed by atoms with van der Waals surface area (Å²) in [6.45, 7) is 4.26. The number of ketones is 1. The predicted octanol–water partition coefficient (Wildman–Crippen LogP) is 4.42. The number of hydrogen-bond acceptors (Lipinski definition) is 13. The lowest BCUT2D eigenvalue weighted by Gasteiger charge is -2.37. The summed E-state index contributed by atoms with van der Waals surface area (Å²) in [4.78, 5) is 78.3. The molecule has 0 saturated carbocycles. The van der Waals surface area contributed by atoms with Gasteiger partial charge in [0.2, 0.25) is 23.8 Å². The maximum atomic E-state index is 15.6. The largest absolute Gasteiger partial charge is 0.439 e. The van der Waals surface area contributed by atoms with E-state index in [2.05, 4.69) is 40.5 Å². The number of fused-ring (bicyclic) bond motifs is 1. The molecule has 3 aromatic heterocycles. The lowest BCUT2D eigenvalue weighted by atomic mass is 9.89. The van der Waals surface area contributed by atoms with Crippen LogP contribution in [0, 0.1) is 11.6 Å². The number of ether oxygens (including phenoxy) is 1. The minimum Gasteiger partial charge on any atom is -0.439 e. The summed E-state index contributed by atoms with van der Waals surface area (Å²) in [5, 5.41) is 8.92. The van der Waals surface area contributed by atoms with Crippen LogP contribution in [-0.2, 0) is 34.1 Å². The van der Waals surface area contributed by atoms with Crippen LogP contribution in [-0.4, -0.2) is 121 Å².